The zero-order valence-corrected chi connectivity index (χ0v) is 16.1. The molecule has 0 bridgehead atoms. The van der Waals surface area contributed by atoms with Crippen LogP contribution in [-0.2, 0) is 10.0 Å². The third-order valence-corrected chi connectivity index (χ3v) is 5.55. The summed E-state index contributed by atoms with van der Waals surface area (Å²) in [6.07, 6.45) is 1.47. The van der Waals surface area contributed by atoms with Crippen molar-refractivity contribution in [2.75, 3.05) is 30.9 Å². The van der Waals surface area contributed by atoms with Crippen LogP contribution < -0.4 is 14.9 Å². The van der Waals surface area contributed by atoms with Crippen LogP contribution >= 0.6 is 0 Å². The molecule has 2 aromatic rings. The summed E-state index contributed by atoms with van der Waals surface area (Å²) in [5, 5.41) is 2.74. The Balaban J connectivity index is 1.74. The fourth-order valence-electron chi connectivity index (χ4n) is 2.69. The highest BCUT2D eigenvalue weighted by Crippen LogP contribution is 2.18. The maximum atomic E-state index is 12.5. The van der Waals surface area contributed by atoms with Gasteiger partial charge in [-0.15, -0.1) is 0 Å². The summed E-state index contributed by atoms with van der Waals surface area (Å²) in [7, 11) is 0.126. The molecule has 27 heavy (non-hydrogen) atoms. The summed E-state index contributed by atoms with van der Waals surface area (Å²) >= 11 is 0. The van der Waals surface area contributed by atoms with Gasteiger partial charge in [0.1, 0.15) is 5.84 Å². The first-order valence-electron chi connectivity index (χ1n) is 8.60. The minimum Gasteiger partial charge on any atom is -0.378 e. The lowest BCUT2D eigenvalue weighted by Crippen LogP contribution is -2.29. The molecule has 2 N–H and O–H groups in total. The molecule has 0 saturated heterocycles. The van der Waals surface area contributed by atoms with E-state index in [1.807, 2.05) is 31.1 Å². The number of aliphatic imine (C=N–C) groups is 1. The Morgan fingerprint density at radius 3 is 2.48 bits per heavy atom. The van der Waals surface area contributed by atoms with Gasteiger partial charge in [0.25, 0.3) is 15.9 Å². The summed E-state index contributed by atoms with van der Waals surface area (Å²) in [5.74, 6) is 0.174. The third-order valence-electron chi connectivity index (χ3n) is 4.17. The van der Waals surface area contributed by atoms with E-state index in [1.165, 1.54) is 12.1 Å². The number of nitrogens with one attached hydrogen (secondary N) is 2. The van der Waals surface area contributed by atoms with Crippen molar-refractivity contribution in [1.82, 2.24) is 4.72 Å². The van der Waals surface area contributed by atoms with Crippen molar-refractivity contribution < 1.29 is 13.2 Å². The van der Waals surface area contributed by atoms with E-state index in [4.69, 9.17) is 0 Å². The Kier molecular flexibility index (Phi) is 5.46. The van der Waals surface area contributed by atoms with Crippen LogP contribution in [0, 0.1) is 0 Å². The molecule has 3 rings (SSSR count). The number of anilines is 2. The van der Waals surface area contributed by atoms with Gasteiger partial charge in [0.15, 0.2) is 0 Å². The van der Waals surface area contributed by atoms with Crippen molar-refractivity contribution in [3.63, 3.8) is 0 Å². The van der Waals surface area contributed by atoms with Crippen molar-refractivity contribution in [3.8, 4) is 0 Å². The molecule has 2 aromatic carbocycles. The average Bonchev–Trinajstić information content (AvgIpc) is 3.14. The van der Waals surface area contributed by atoms with E-state index >= 15 is 0 Å². The second-order valence-corrected chi connectivity index (χ2v) is 8.14. The van der Waals surface area contributed by atoms with Gasteiger partial charge < -0.3 is 10.2 Å². The first kappa shape index (κ1) is 18.9. The maximum Gasteiger partial charge on any atom is 0.262 e. The maximum absolute atomic E-state index is 12.5. The summed E-state index contributed by atoms with van der Waals surface area (Å²) < 4.78 is 27.5. The van der Waals surface area contributed by atoms with Crippen LogP contribution in [-0.4, -0.2) is 40.8 Å². The molecule has 0 fully saturated rings. The van der Waals surface area contributed by atoms with Crippen molar-refractivity contribution in [2.24, 2.45) is 4.99 Å². The molecule has 1 amide bonds. The van der Waals surface area contributed by atoms with Gasteiger partial charge in [-0.3, -0.25) is 14.5 Å². The van der Waals surface area contributed by atoms with Gasteiger partial charge in [0.05, 0.1) is 4.90 Å². The fraction of sp³-hybridized carbons (Fsp3) is 0.263. The predicted molar refractivity (Wildman–Crippen MR) is 107 cm³/mol. The van der Waals surface area contributed by atoms with Crippen LogP contribution in [0.3, 0.4) is 0 Å². The zero-order chi connectivity index (χ0) is 19.4. The van der Waals surface area contributed by atoms with E-state index < -0.39 is 10.0 Å². The van der Waals surface area contributed by atoms with Crippen LogP contribution in [0.5, 0.6) is 0 Å². The van der Waals surface area contributed by atoms with Crippen LogP contribution in [0.1, 0.15) is 23.2 Å². The van der Waals surface area contributed by atoms with Crippen LogP contribution in [0.2, 0.25) is 0 Å². The lowest BCUT2D eigenvalue weighted by Gasteiger charge is -2.13. The number of benzene rings is 2. The standard InChI is InChI=1S/C19H22N4O3S/c1-23(2)16-10-8-14(9-11-16)19(24)21-15-5-3-6-17(13-15)27(25,26)22-18-7-4-12-20-18/h3,5-6,8-11,13H,4,7,12H2,1-2H3,(H,20,22)(H,21,24). The monoisotopic (exact) mass is 386 g/mol. The molecule has 7 nitrogen and oxygen atoms in total. The fourth-order valence-corrected chi connectivity index (χ4v) is 3.83. The number of amidine groups is 1. The number of hydrogen-bond donors (Lipinski definition) is 2. The lowest BCUT2D eigenvalue weighted by atomic mass is 10.2. The SMILES string of the molecule is CN(C)c1ccc(C(=O)Nc2cccc(S(=O)(=O)NC3=NCCC3)c2)cc1. The number of amides is 1. The smallest absolute Gasteiger partial charge is 0.262 e. The minimum atomic E-state index is -3.72. The van der Waals surface area contributed by atoms with Gasteiger partial charge >= 0.3 is 0 Å². The van der Waals surface area contributed by atoms with Crippen molar-refractivity contribution in [3.05, 3.63) is 54.1 Å². The molecule has 0 aromatic heterocycles. The van der Waals surface area contributed by atoms with E-state index in [-0.39, 0.29) is 10.8 Å². The summed E-state index contributed by atoms with van der Waals surface area (Å²) in [4.78, 5) is 18.6. The summed E-state index contributed by atoms with van der Waals surface area (Å²) in [6, 6.07) is 13.3. The van der Waals surface area contributed by atoms with Crippen molar-refractivity contribution >= 4 is 33.1 Å². The molecule has 1 aliphatic heterocycles. The largest absolute Gasteiger partial charge is 0.378 e. The molecule has 8 heteroatoms. The molecular weight excluding hydrogens is 364 g/mol. The average molecular weight is 386 g/mol. The quantitative estimate of drug-likeness (QED) is 0.826. The zero-order valence-electron chi connectivity index (χ0n) is 15.3. The Hall–Kier alpha value is -2.87. The molecule has 0 atom stereocenters. The second kappa shape index (κ2) is 7.79. The molecule has 0 radical (unpaired) electrons. The predicted octanol–water partition coefficient (Wildman–Crippen LogP) is 2.48. The number of hydrogen-bond acceptors (Lipinski definition) is 5. The van der Waals surface area contributed by atoms with Gasteiger partial charge in [-0.05, 0) is 48.9 Å². The minimum absolute atomic E-state index is 0.0813. The Morgan fingerprint density at radius 2 is 1.85 bits per heavy atom. The van der Waals surface area contributed by atoms with Gasteiger partial charge in [-0.2, -0.15) is 0 Å². The second-order valence-electron chi connectivity index (χ2n) is 6.46. The normalized spacial score (nSPS) is 13.8. The summed E-state index contributed by atoms with van der Waals surface area (Å²) in [6.45, 7) is 0.639. The van der Waals surface area contributed by atoms with Crippen LogP contribution in [0.25, 0.3) is 0 Å². The number of sulfonamides is 1. The molecule has 0 saturated carbocycles. The van der Waals surface area contributed by atoms with Crippen molar-refractivity contribution in [1.29, 1.82) is 0 Å². The number of nitrogens with zero attached hydrogens (tertiary/aromatic N) is 2. The summed E-state index contributed by atoms with van der Waals surface area (Å²) in [5.41, 5.74) is 1.89. The van der Waals surface area contributed by atoms with Gasteiger partial charge in [-0.1, -0.05) is 6.07 Å². The molecule has 0 aliphatic carbocycles. The number of carbonyl (C=O) groups is 1. The Morgan fingerprint density at radius 1 is 1.11 bits per heavy atom. The molecular formula is C19H22N4O3S. The molecule has 142 valence electrons. The van der Waals surface area contributed by atoms with E-state index in [0.717, 1.165) is 12.1 Å². The van der Waals surface area contributed by atoms with E-state index in [2.05, 4.69) is 15.0 Å². The van der Waals surface area contributed by atoms with E-state index in [9.17, 15) is 13.2 Å². The molecule has 0 unspecified atom stereocenters. The van der Waals surface area contributed by atoms with Gasteiger partial charge in [0.2, 0.25) is 0 Å². The molecule has 1 heterocycles. The van der Waals surface area contributed by atoms with Crippen LogP contribution in [0.15, 0.2) is 58.4 Å². The Labute approximate surface area is 159 Å². The van der Waals surface area contributed by atoms with E-state index in [1.54, 1.807) is 24.3 Å². The third kappa shape index (κ3) is 4.65. The topological polar surface area (TPSA) is 90.9 Å². The number of carbonyl (C=O) groups excluding carboxylic acids is 1. The molecule has 1 aliphatic rings. The first-order chi connectivity index (χ1) is 12.8. The van der Waals surface area contributed by atoms with Crippen LogP contribution in [0.4, 0.5) is 11.4 Å². The highest BCUT2D eigenvalue weighted by molar-refractivity contribution is 7.90. The van der Waals surface area contributed by atoms with E-state index in [0.29, 0.717) is 30.1 Å². The number of rotatable bonds is 5. The first-order valence-corrected chi connectivity index (χ1v) is 10.1. The van der Waals surface area contributed by atoms with Crippen molar-refractivity contribution in [2.45, 2.75) is 17.7 Å². The van der Waals surface area contributed by atoms with Gasteiger partial charge in [-0.25, -0.2) is 8.42 Å². The lowest BCUT2D eigenvalue weighted by molar-refractivity contribution is 0.102. The highest BCUT2D eigenvalue weighted by Gasteiger charge is 2.19. The Bertz CT molecular complexity index is 967. The molecule has 0 spiro atoms. The highest BCUT2D eigenvalue weighted by atomic mass is 32.2. The van der Waals surface area contributed by atoms with Gasteiger partial charge in [0, 0.05) is 44.0 Å².